The van der Waals surface area contributed by atoms with Crippen LogP contribution in [0.2, 0.25) is 0 Å². The highest BCUT2D eigenvalue weighted by atomic mass is 79.9. The van der Waals surface area contributed by atoms with Gasteiger partial charge in [0, 0.05) is 42.2 Å². The van der Waals surface area contributed by atoms with Crippen molar-refractivity contribution < 1.29 is 4.79 Å². The summed E-state index contributed by atoms with van der Waals surface area (Å²) in [6.07, 6.45) is 1.98. The number of nitrogens with one attached hydrogen (secondary N) is 1. The maximum absolute atomic E-state index is 13.0. The molecular formula is C19H18BrN3O3. The first-order chi connectivity index (χ1) is 12.4. The number of benzene rings is 1. The topological polar surface area (TPSA) is 73.1 Å². The molecular weight excluding hydrogens is 398 g/mol. The number of carbonyl (C=O) groups excluding carboxylic acids is 1. The van der Waals surface area contributed by atoms with E-state index in [0.717, 1.165) is 33.1 Å². The lowest BCUT2D eigenvalue weighted by Gasteiger charge is -2.34. The number of nitrogens with zero attached hydrogens (tertiary/aromatic N) is 2. The molecule has 1 atom stereocenters. The molecule has 2 heterocycles. The van der Waals surface area contributed by atoms with E-state index in [1.54, 1.807) is 7.05 Å². The lowest BCUT2D eigenvalue weighted by atomic mass is 9.76. The highest BCUT2D eigenvalue weighted by molar-refractivity contribution is 9.10. The van der Waals surface area contributed by atoms with E-state index >= 15 is 0 Å². The molecule has 0 bridgehead atoms. The van der Waals surface area contributed by atoms with Crippen molar-refractivity contribution in [3.8, 4) is 0 Å². The van der Waals surface area contributed by atoms with Crippen LogP contribution in [0.1, 0.15) is 36.3 Å². The number of carbonyl (C=O) groups is 1. The van der Waals surface area contributed by atoms with Crippen LogP contribution >= 0.6 is 15.9 Å². The summed E-state index contributed by atoms with van der Waals surface area (Å²) >= 11 is 3.43. The summed E-state index contributed by atoms with van der Waals surface area (Å²) in [6, 6.07) is 7.63. The standard InChI is InChI=1S/C19H18BrN3O3/c1-22-17-16(18(25)23(2)19(22)26)14(10-6-8-11(20)9-7-10)15-12(21-17)4-3-5-13(15)24/h6-9,14,21H,3-5H2,1-2H3/t14-/m0/s1. The highest BCUT2D eigenvalue weighted by Crippen LogP contribution is 2.43. The molecule has 1 aliphatic heterocycles. The number of hydrogen-bond acceptors (Lipinski definition) is 4. The fourth-order valence-electron chi connectivity index (χ4n) is 3.89. The maximum atomic E-state index is 13.0. The van der Waals surface area contributed by atoms with E-state index in [2.05, 4.69) is 21.2 Å². The Balaban J connectivity index is 2.08. The molecule has 2 aliphatic rings. The predicted molar refractivity (Wildman–Crippen MR) is 102 cm³/mol. The van der Waals surface area contributed by atoms with Crippen LogP contribution in [-0.4, -0.2) is 14.9 Å². The van der Waals surface area contributed by atoms with Gasteiger partial charge in [-0.05, 0) is 30.5 Å². The molecule has 6 nitrogen and oxygen atoms in total. The van der Waals surface area contributed by atoms with Crippen LogP contribution in [0, 0.1) is 0 Å². The average molecular weight is 416 g/mol. The predicted octanol–water partition coefficient (Wildman–Crippen LogP) is 2.41. The summed E-state index contributed by atoms with van der Waals surface area (Å²) in [4.78, 5) is 38.1. The third-order valence-corrected chi connectivity index (χ3v) is 5.73. The number of rotatable bonds is 1. The molecule has 0 radical (unpaired) electrons. The Morgan fingerprint density at radius 2 is 1.73 bits per heavy atom. The molecule has 1 aliphatic carbocycles. The zero-order valence-electron chi connectivity index (χ0n) is 14.5. The van der Waals surface area contributed by atoms with E-state index in [4.69, 9.17) is 0 Å². The van der Waals surface area contributed by atoms with Crippen molar-refractivity contribution in [1.29, 1.82) is 0 Å². The van der Waals surface area contributed by atoms with Gasteiger partial charge < -0.3 is 5.32 Å². The Labute approximate surface area is 158 Å². The van der Waals surface area contributed by atoms with Gasteiger partial charge in [-0.15, -0.1) is 0 Å². The molecule has 0 fully saturated rings. The molecule has 134 valence electrons. The molecule has 0 saturated heterocycles. The smallest absolute Gasteiger partial charge is 0.332 e. The molecule has 0 saturated carbocycles. The number of hydrogen-bond donors (Lipinski definition) is 1. The summed E-state index contributed by atoms with van der Waals surface area (Å²) in [5.41, 5.74) is 2.04. The molecule has 0 spiro atoms. The third kappa shape index (κ3) is 2.41. The van der Waals surface area contributed by atoms with E-state index in [1.807, 2.05) is 24.3 Å². The van der Waals surface area contributed by atoms with Crippen molar-refractivity contribution in [2.45, 2.75) is 25.2 Å². The molecule has 0 unspecified atom stereocenters. The van der Waals surface area contributed by atoms with E-state index in [1.165, 1.54) is 11.6 Å². The molecule has 1 N–H and O–H groups in total. The van der Waals surface area contributed by atoms with E-state index < -0.39 is 5.92 Å². The first-order valence-corrected chi connectivity index (χ1v) is 9.28. The third-order valence-electron chi connectivity index (χ3n) is 5.21. The van der Waals surface area contributed by atoms with Gasteiger partial charge in [-0.2, -0.15) is 0 Å². The van der Waals surface area contributed by atoms with Gasteiger partial charge in [0.25, 0.3) is 5.56 Å². The maximum Gasteiger partial charge on any atom is 0.332 e. The number of Topliss-reactive ketones (excluding diaryl/α,β-unsaturated/α-hetero) is 1. The minimum Gasteiger partial charge on any atom is -0.344 e. The molecule has 1 aromatic heterocycles. The van der Waals surface area contributed by atoms with Gasteiger partial charge in [-0.3, -0.25) is 18.7 Å². The van der Waals surface area contributed by atoms with Crippen LogP contribution in [0.3, 0.4) is 0 Å². The van der Waals surface area contributed by atoms with Crippen molar-refractivity contribution in [3.63, 3.8) is 0 Å². The highest BCUT2D eigenvalue weighted by Gasteiger charge is 2.38. The van der Waals surface area contributed by atoms with Crippen molar-refractivity contribution in [1.82, 2.24) is 9.13 Å². The van der Waals surface area contributed by atoms with Gasteiger partial charge in [0.05, 0.1) is 5.56 Å². The molecule has 26 heavy (non-hydrogen) atoms. The zero-order valence-corrected chi connectivity index (χ0v) is 16.1. The van der Waals surface area contributed by atoms with Crippen LogP contribution < -0.4 is 16.6 Å². The average Bonchev–Trinajstić information content (AvgIpc) is 2.64. The van der Waals surface area contributed by atoms with Gasteiger partial charge in [0.1, 0.15) is 5.82 Å². The summed E-state index contributed by atoms with van der Waals surface area (Å²) < 4.78 is 3.48. The van der Waals surface area contributed by atoms with Crippen LogP contribution in [0.5, 0.6) is 0 Å². The number of aromatic nitrogens is 2. The molecule has 7 heteroatoms. The lowest BCUT2D eigenvalue weighted by molar-refractivity contribution is -0.116. The summed E-state index contributed by atoms with van der Waals surface area (Å²) in [5, 5.41) is 3.22. The van der Waals surface area contributed by atoms with E-state index in [0.29, 0.717) is 23.4 Å². The van der Waals surface area contributed by atoms with Gasteiger partial charge in [0.2, 0.25) is 0 Å². The number of allylic oxidation sites excluding steroid dienone is 2. The van der Waals surface area contributed by atoms with Crippen LogP contribution in [0.15, 0.2) is 49.6 Å². The van der Waals surface area contributed by atoms with Gasteiger partial charge >= 0.3 is 5.69 Å². The Hall–Kier alpha value is -2.41. The Morgan fingerprint density at radius 1 is 1.04 bits per heavy atom. The Bertz CT molecular complexity index is 1080. The van der Waals surface area contributed by atoms with E-state index in [9.17, 15) is 14.4 Å². The summed E-state index contributed by atoms with van der Waals surface area (Å²) in [6.45, 7) is 0. The normalized spacial score (nSPS) is 19.0. The molecule has 1 aromatic carbocycles. The van der Waals surface area contributed by atoms with Crippen molar-refractivity contribution in [3.05, 3.63) is 72.0 Å². The number of ketones is 1. The number of fused-ring (bicyclic) bond motifs is 1. The zero-order chi connectivity index (χ0) is 18.6. The monoisotopic (exact) mass is 415 g/mol. The Kier molecular flexibility index (Phi) is 3.99. The second kappa shape index (κ2) is 6.09. The van der Waals surface area contributed by atoms with Crippen molar-refractivity contribution in [2.24, 2.45) is 14.1 Å². The molecule has 2 aromatic rings. The van der Waals surface area contributed by atoms with Gasteiger partial charge in [-0.25, -0.2) is 4.79 Å². The first-order valence-electron chi connectivity index (χ1n) is 8.48. The largest absolute Gasteiger partial charge is 0.344 e. The van der Waals surface area contributed by atoms with Gasteiger partial charge in [-0.1, -0.05) is 28.1 Å². The van der Waals surface area contributed by atoms with Crippen molar-refractivity contribution >= 4 is 27.5 Å². The van der Waals surface area contributed by atoms with Crippen LogP contribution in [-0.2, 0) is 18.9 Å². The Morgan fingerprint density at radius 3 is 2.42 bits per heavy atom. The second-order valence-electron chi connectivity index (χ2n) is 6.75. The summed E-state index contributed by atoms with van der Waals surface area (Å²) in [7, 11) is 3.11. The first kappa shape index (κ1) is 17.0. The molecule has 0 amide bonds. The van der Waals surface area contributed by atoms with E-state index in [-0.39, 0.29) is 17.0 Å². The summed E-state index contributed by atoms with van der Waals surface area (Å²) in [5.74, 6) is 0.0837. The minimum absolute atomic E-state index is 0.0632. The van der Waals surface area contributed by atoms with Gasteiger partial charge in [0.15, 0.2) is 5.78 Å². The fraction of sp³-hybridized carbons (Fsp3) is 0.316. The second-order valence-corrected chi connectivity index (χ2v) is 7.66. The fourth-order valence-corrected chi connectivity index (χ4v) is 4.15. The lowest BCUT2D eigenvalue weighted by Crippen LogP contribution is -2.44. The number of anilines is 1. The minimum atomic E-state index is -0.465. The quantitative estimate of drug-likeness (QED) is 0.775. The SMILES string of the molecule is Cn1c2c(c(=O)n(C)c1=O)[C@@H](c1ccc(Br)cc1)C1=C(CCCC1=O)N2. The van der Waals surface area contributed by atoms with Crippen LogP contribution in [0.25, 0.3) is 0 Å². The molecule has 4 rings (SSSR count). The number of halogens is 1. The van der Waals surface area contributed by atoms with Crippen LogP contribution in [0.4, 0.5) is 5.82 Å². The van der Waals surface area contributed by atoms with Crippen molar-refractivity contribution in [2.75, 3.05) is 5.32 Å².